The van der Waals surface area contributed by atoms with E-state index in [9.17, 15) is 14.4 Å². The molecule has 138 valence electrons. The fraction of sp³-hybridized carbons (Fsp3) is 0.294. The van der Waals surface area contributed by atoms with Gasteiger partial charge in [0.25, 0.3) is 5.91 Å². The molecular formula is C17H18ClN3O4S. The van der Waals surface area contributed by atoms with Gasteiger partial charge in [0.2, 0.25) is 0 Å². The number of hydrogen-bond donors (Lipinski definition) is 2. The molecule has 0 aliphatic rings. The van der Waals surface area contributed by atoms with Gasteiger partial charge in [0.15, 0.2) is 6.61 Å². The zero-order valence-corrected chi connectivity index (χ0v) is 16.0. The summed E-state index contributed by atoms with van der Waals surface area (Å²) in [6, 6.07) is 6.32. The van der Waals surface area contributed by atoms with E-state index in [1.165, 1.54) is 0 Å². The highest BCUT2D eigenvalue weighted by Gasteiger charge is 2.19. The van der Waals surface area contributed by atoms with Gasteiger partial charge < -0.3 is 10.1 Å². The van der Waals surface area contributed by atoms with E-state index in [1.54, 1.807) is 45.0 Å². The molecule has 7 nitrogen and oxygen atoms in total. The van der Waals surface area contributed by atoms with Crippen LogP contribution in [0.15, 0.2) is 24.3 Å². The average Bonchev–Trinajstić information content (AvgIpc) is 2.94. The summed E-state index contributed by atoms with van der Waals surface area (Å²) < 4.78 is 4.96. The number of imide groups is 1. The number of carbonyl (C=O) groups is 3. The maximum Gasteiger partial charge on any atom is 0.350 e. The van der Waals surface area contributed by atoms with Crippen LogP contribution >= 0.6 is 22.9 Å². The van der Waals surface area contributed by atoms with E-state index in [0.717, 1.165) is 16.9 Å². The third-order valence-electron chi connectivity index (χ3n) is 3.08. The molecule has 2 N–H and O–H groups in total. The lowest BCUT2D eigenvalue weighted by atomic mass is 10.2. The normalized spacial score (nSPS) is 10.5. The maximum atomic E-state index is 12.2. The number of carbonyl (C=O) groups excluding carboxylic acids is 3. The summed E-state index contributed by atoms with van der Waals surface area (Å²) in [7, 11) is 0. The molecule has 26 heavy (non-hydrogen) atoms. The minimum atomic E-state index is -0.711. The molecule has 0 saturated heterocycles. The Morgan fingerprint density at radius 3 is 2.50 bits per heavy atom. The number of rotatable bonds is 5. The standard InChI is InChI=1S/C17H18ClN3O4S/c1-9(2)19-17(24)21-13(22)8-25-16(23)14-10(3)20-15(26-14)11-4-6-12(18)7-5-11/h4-7,9H,8H2,1-3H3,(H2,19,21,22,24). The molecule has 9 heteroatoms. The van der Waals surface area contributed by atoms with Crippen LogP contribution < -0.4 is 10.6 Å². The largest absolute Gasteiger partial charge is 0.451 e. The van der Waals surface area contributed by atoms with Crippen molar-refractivity contribution in [3.8, 4) is 10.6 Å². The predicted molar refractivity (Wildman–Crippen MR) is 99.4 cm³/mol. The zero-order valence-electron chi connectivity index (χ0n) is 14.5. The molecule has 0 unspecified atom stereocenters. The summed E-state index contributed by atoms with van der Waals surface area (Å²) in [6.07, 6.45) is 0. The van der Waals surface area contributed by atoms with Crippen LogP contribution in [-0.2, 0) is 9.53 Å². The van der Waals surface area contributed by atoms with Crippen LogP contribution in [0.5, 0.6) is 0 Å². The van der Waals surface area contributed by atoms with Crippen molar-refractivity contribution in [1.82, 2.24) is 15.6 Å². The van der Waals surface area contributed by atoms with Crippen molar-refractivity contribution < 1.29 is 19.1 Å². The predicted octanol–water partition coefficient (Wildman–Crippen LogP) is 3.16. The van der Waals surface area contributed by atoms with E-state index in [-0.39, 0.29) is 6.04 Å². The third-order valence-corrected chi connectivity index (χ3v) is 4.52. The summed E-state index contributed by atoms with van der Waals surface area (Å²) in [6.45, 7) is 4.64. The molecule has 0 fully saturated rings. The molecule has 0 saturated carbocycles. The Morgan fingerprint density at radius 2 is 1.88 bits per heavy atom. The Hall–Kier alpha value is -2.45. The van der Waals surface area contributed by atoms with Crippen LogP contribution in [0.4, 0.5) is 4.79 Å². The van der Waals surface area contributed by atoms with Gasteiger partial charge in [-0.3, -0.25) is 10.1 Å². The number of aromatic nitrogens is 1. The SMILES string of the molecule is Cc1nc(-c2ccc(Cl)cc2)sc1C(=O)OCC(=O)NC(=O)NC(C)C. The van der Waals surface area contributed by atoms with E-state index < -0.39 is 24.5 Å². The number of aryl methyl sites for hydroxylation is 1. The van der Waals surface area contributed by atoms with E-state index in [1.807, 2.05) is 0 Å². The Kier molecular flexibility index (Phi) is 6.70. The minimum absolute atomic E-state index is 0.114. The average molecular weight is 396 g/mol. The lowest BCUT2D eigenvalue weighted by molar-refractivity contribution is -0.123. The molecule has 1 heterocycles. The molecule has 0 radical (unpaired) electrons. The van der Waals surface area contributed by atoms with Crippen LogP contribution in [0.1, 0.15) is 29.2 Å². The van der Waals surface area contributed by atoms with Gasteiger partial charge in [0.1, 0.15) is 9.88 Å². The number of nitrogens with one attached hydrogen (secondary N) is 2. The number of thiazole rings is 1. The number of esters is 1. The van der Waals surface area contributed by atoms with Gasteiger partial charge in [-0.15, -0.1) is 11.3 Å². The van der Waals surface area contributed by atoms with Crippen molar-refractivity contribution in [2.24, 2.45) is 0 Å². The molecule has 3 amide bonds. The minimum Gasteiger partial charge on any atom is -0.451 e. The van der Waals surface area contributed by atoms with Crippen molar-refractivity contribution in [2.45, 2.75) is 26.8 Å². The van der Waals surface area contributed by atoms with Gasteiger partial charge in [-0.1, -0.05) is 23.7 Å². The summed E-state index contributed by atoms with van der Waals surface area (Å²) in [5.74, 6) is -1.38. The Labute approximate surface area is 159 Å². The van der Waals surface area contributed by atoms with Crippen LogP contribution in [-0.4, -0.2) is 35.5 Å². The molecule has 0 aliphatic heterocycles. The second kappa shape index (κ2) is 8.77. The first-order valence-corrected chi connectivity index (χ1v) is 8.96. The Balaban J connectivity index is 1.96. The lowest BCUT2D eigenvalue weighted by Gasteiger charge is -2.09. The molecule has 0 spiro atoms. The molecule has 0 aliphatic carbocycles. The van der Waals surface area contributed by atoms with E-state index in [4.69, 9.17) is 16.3 Å². The summed E-state index contributed by atoms with van der Waals surface area (Å²) >= 11 is 7.02. The summed E-state index contributed by atoms with van der Waals surface area (Å²) in [5.41, 5.74) is 1.33. The Bertz CT molecular complexity index is 818. The van der Waals surface area contributed by atoms with Gasteiger partial charge in [0.05, 0.1) is 5.69 Å². The summed E-state index contributed by atoms with van der Waals surface area (Å²) in [5, 5.41) is 5.83. The second-order valence-electron chi connectivity index (χ2n) is 5.69. The van der Waals surface area contributed by atoms with Crippen LogP contribution in [0, 0.1) is 6.92 Å². The van der Waals surface area contributed by atoms with Crippen molar-refractivity contribution in [1.29, 1.82) is 0 Å². The smallest absolute Gasteiger partial charge is 0.350 e. The first-order chi connectivity index (χ1) is 12.3. The summed E-state index contributed by atoms with van der Waals surface area (Å²) in [4.78, 5) is 39.9. The fourth-order valence-electron chi connectivity index (χ4n) is 1.96. The van der Waals surface area contributed by atoms with Crippen molar-refractivity contribution in [3.05, 3.63) is 39.9 Å². The van der Waals surface area contributed by atoms with E-state index in [0.29, 0.717) is 20.6 Å². The van der Waals surface area contributed by atoms with Gasteiger partial charge in [-0.2, -0.15) is 0 Å². The maximum absolute atomic E-state index is 12.2. The van der Waals surface area contributed by atoms with Gasteiger partial charge >= 0.3 is 12.0 Å². The molecular weight excluding hydrogens is 378 g/mol. The monoisotopic (exact) mass is 395 g/mol. The van der Waals surface area contributed by atoms with Gasteiger partial charge in [-0.25, -0.2) is 14.6 Å². The van der Waals surface area contributed by atoms with Crippen LogP contribution in [0.2, 0.25) is 5.02 Å². The van der Waals surface area contributed by atoms with Crippen LogP contribution in [0.3, 0.4) is 0 Å². The highest BCUT2D eigenvalue weighted by Crippen LogP contribution is 2.29. The van der Waals surface area contributed by atoms with E-state index in [2.05, 4.69) is 15.6 Å². The molecule has 1 aromatic carbocycles. The highest BCUT2D eigenvalue weighted by atomic mass is 35.5. The number of benzene rings is 1. The van der Waals surface area contributed by atoms with Gasteiger partial charge in [0, 0.05) is 16.6 Å². The number of hydrogen-bond acceptors (Lipinski definition) is 6. The molecule has 2 aromatic rings. The number of urea groups is 1. The van der Waals surface area contributed by atoms with Gasteiger partial charge in [-0.05, 0) is 32.9 Å². The van der Waals surface area contributed by atoms with E-state index >= 15 is 0 Å². The number of amides is 3. The molecule has 0 atom stereocenters. The highest BCUT2D eigenvalue weighted by molar-refractivity contribution is 7.17. The third kappa shape index (κ3) is 5.53. The van der Waals surface area contributed by atoms with Crippen molar-refractivity contribution >= 4 is 40.8 Å². The van der Waals surface area contributed by atoms with Crippen molar-refractivity contribution in [2.75, 3.05) is 6.61 Å². The first-order valence-electron chi connectivity index (χ1n) is 7.77. The second-order valence-corrected chi connectivity index (χ2v) is 7.13. The quantitative estimate of drug-likeness (QED) is 0.758. The molecule has 1 aromatic heterocycles. The van der Waals surface area contributed by atoms with Crippen molar-refractivity contribution in [3.63, 3.8) is 0 Å². The topological polar surface area (TPSA) is 97.4 Å². The molecule has 2 rings (SSSR count). The Morgan fingerprint density at radius 1 is 1.23 bits per heavy atom. The zero-order chi connectivity index (χ0) is 19.3. The number of halogens is 1. The first kappa shape index (κ1) is 19.9. The lowest BCUT2D eigenvalue weighted by Crippen LogP contribution is -2.44. The molecule has 0 bridgehead atoms. The number of ether oxygens (including phenoxy) is 1. The van der Waals surface area contributed by atoms with Crippen LogP contribution in [0.25, 0.3) is 10.6 Å². The number of nitrogens with zero attached hydrogens (tertiary/aromatic N) is 1. The fourth-order valence-corrected chi connectivity index (χ4v) is 3.05.